The van der Waals surface area contributed by atoms with Crippen molar-refractivity contribution in [2.24, 2.45) is 11.8 Å². The minimum atomic E-state index is 0.517. The Morgan fingerprint density at radius 1 is 1.18 bits per heavy atom. The van der Waals surface area contributed by atoms with Crippen molar-refractivity contribution in [2.75, 3.05) is 13.7 Å². The number of nitrogens with one attached hydrogen (secondary N) is 1. The summed E-state index contributed by atoms with van der Waals surface area (Å²) in [4.78, 5) is 0. The van der Waals surface area contributed by atoms with Crippen molar-refractivity contribution in [3.8, 4) is 0 Å². The zero-order valence-electron chi connectivity index (χ0n) is 12.2. The Hall–Kier alpha value is -0.0800. The van der Waals surface area contributed by atoms with Crippen LogP contribution in [0.15, 0.2) is 0 Å². The van der Waals surface area contributed by atoms with Crippen LogP contribution in [0.25, 0.3) is 0 Å². The number of hydrogen-bond acceptors (Lipinski definition) is 2. The predicted octanol–water partition coefficient (Wildman–Crippen LogP) is 3.61. The maximum atomic E-state index is 5.32. The quantitative estimate of drug-likeness (QED) is 0.717. The highest BCUT2D eigenvalue weighted by Gasteiger charge is 2.21. The highest BCUT2D eigenvalue weighted by atomic mass is 16.5. The minimum Gasteiger partial charge on any atom is -0.383 e. The Kier molecular flexibility index (Phi) is 7.14. The summed E-state index contributed by atoms with van der Waals surface area (Å²) in [6, 6.07) is 1.23. The number of ether oxygens (including phenoxy) is 1. The summed E-state index contributed by atoms with van der Waals surface area (Å²) >= 11 is 0. The fourth-order valence-corrected chi connectivity index (χ4v) is 2.87. The van der Waals surface area contributed by atoms with Gasteiger partial charge in [0.05, 0.1) is 6.61 Å². The average molecular weight is 241 g/mol. The Morgan fingerprint density at radius 2 is 1.94 bits per heavy atom. The van der Waals surface area contributed by atoms with Crippen LogP contribution >= 0.6 is 0 Å². The molecule has 1 aliphatic rings. The summed E-state index contributed by atoms with van der Waals surface area (Å²) < 4.78 is 5.32. The Balaban J connectivity index is 2.38. The first-order chi connectivity index (χ1) is 8.17. The molecule has 1 saturated carbocycles. The molecule has 0 heterocycles. The van der Waals surface area contributed by atoms with Crippen molar-refractivity contribution < 1.29 is 4.74 Å². The van der Waals surface area contributed by atoms with Crippen LogP contribution in [0.1, 0.15) is 59.3 Å². The topological polar surface area (TPSA) is 21.3 Å². The van der Waals surface area contributed by atoms with Gasteiger partial charge in [0.1, 0.15) is 0 Å². The van der Waals surface area contributed by atoms with Gasteiger partial charge in [-0.05, 0) is 31.1 Å². The lowest BCUT2D eigenvalue weighted by Gasteiger charge is -2.27. The van der Waals surface area contributed by atoms with E-state index in [0.717, 1.165) is 12.5 Å². The minimum absolute atomic E-state index is 0.517. The van der Waals surface area contributed by atoms with E-state index in [-0.39, 0.29) is 0 Å². The zero-order valence-corrected chi connectivity index (χ0v) is 12.2. The van der Waals surface area contributed by atoms with Crippen molar-refractivity contribution in [1.82, 2.24) is 5.32 Å². The van der Waals surface area contributed by atoms with Gasteiger partial charge in [-0.25, -0.2) is 0 Å². The van der Waals surface area contributed by atoms with Gasteiger partial charge in [-0.2, -0.15) is 0 Å². The lowest BCUT2D eigenvalue weighted by molar-refractivity contribution is 0.138. The summed E-state index contributed by atoms with van der Waals surface area (Å²) in [6.07, 6.45) is 8.30. The second kappa shape index (κ2) is 8.10. The lowest BCUT2D eigenvalue weighted by atomic mass is 9.97. The molecular weight excluding hydrogens is 210 g/mol. The van der Waals surface area contributed by atoms with E-state index in [1.54, 1.807) is 7.11 Å². The summed E-state index contributed by atoms with van der Waals surface area (Å²) in [5, 5.41) is 3.82. The fourth-order valence-electron chi connectivity index (χ4n) is 2.87. The van der Waals surface area contributed by atoms with Crippen molar-refractivity contribution in [2.45, 2.75) is 71.4 Å². The summed E-state index contributed by atoms with van der Waals surface area (Å²) in [7, 11) is 1.80. The van der Waals surface area contributed by atoms with E-state index in [9.17, 15) is 0 Å². The number of rotatable bonds is 6. The molecule has 0 spiro atoms. The van der Waals surface area contributed by atoms with Crippen LogP contribution in [0.4, 0.5) is 0 Å². The standard InChI is InChI=1S/C15H31NO/c1-5-13-7-6-8-14(10-9-13)16-15(11-17-4)12(2)3/h12-16H,5-11H2,1-4H3. The molecular formula is C15H31NO. The molecule has 3 unspecified atom stereocenters. The van der Waals surface area contributed by atoms with E-state index in [0.29, 0.717) is 18.0 Å². The second-order valence-electron chi connectivity index (χ2n) is 5.95. The first kappa shape index (κ1) is 15.0. The molecule has 1 aliphatic carbocycles. The monoisotopic (exact) mass is 241 g/mol. The van der Waals surface area contributed by atoms with E-state index in [4.69, 9.17) is 4.74 Å². The molecule has 17 heavy (non-hydrogen) atoms. The van der Waals surface area contributed by atoms with Crippen LogP contribution in [0.2, 0.25) is 0 Å². The largest absolute Gasteiger partial charge is 0.383 e. The molecule has 1 rings (SSSR count). The molecule has 0 saturated heterocycles. The van der Waals surface area contributed by atoms with Crippen LogP contribution in [-0.2, 0) is 4.74 Å². The molecule has 0 bridgehead atoms. The third-order valence-corrected chi connectivity index (χ3v) is 4.27. The highest BCUT2D eigenvalue weighted by Crippen LogP contribution is 2.26. The third-order valence-electron chi connectivity index (χ3n) is 4.27. The maximum Gasteiger partial charge on any atom is 0.0618 e. The molecule has 0 aliphatic heterocycles. The van der Waals surface area contributed by atoms with Crippen LogP contribution in [0.3, 0.4) is 0 Å². The van der Waals surface area contributed by atoms with Crippen LogP contribution in [0, 0.1) is 11.8 Å². The smallest absolute Gasteiger partial charge is 0.0618 e. The first-order valence-electron chi connectivity index (χ1n) is 7.42. The van der Waals surface area contributed by atoms with Crippen LogP contribution < -0.4 is 5.32 Å². The number of methoxy groups -OCH3 is 1. The molecule has 102 valence electrons. The van der Waals surface area contributed by atoms with Crippen LogP contribution in [-0.4, -0.2) is 25.8 Å². The predicted molar refractivity (Wildman–Crippen MR) is 74.3 cm³/mol. The van der Waals surface area contributed by atoms with Crippen molar-refractivity contribution in [3.63, 3.8) is 0 Å². The molecule has 1 fully saturated rings. The van der Waals surface area contributed by atoms with E-state index in [2.05, 4.69) is 26.1 Å². The van der Waals surface area contributed by atoms with Gasteiger partial charge < -0.3 is 10.1 Å². The van der Waals surface area contributed by atoms with Gasteiger partial charge in [0, 0.05) is 19.2 Å². The van der Waals surface area contributed by atoms with E-state index in [1.165, 1.54) is 38.5 Å². The molecule has 2 heteroatoms. The number of hydrogen-bond donors (Lipinski definition) is 1. The van der Waals surface area contributed by atoms with Crippen molar-refractivity contribution in [3.05, 3.63) is 0 Å². The van der Waals surface area contributed by atoms with E-state index >= 15 is 0 Å². The summed E-state index contributed by atoms with van der Waals surface area (Å²) in [6.45, 7) is 7.73. The van der Waals surface area contributed by atoms with Gasteiger partial charge in [0.25, 0.3) is 0 Å². The van der Waals surface area contributed by atoms with Gasteiger partial charge in [-0.3, -0.25) is 0 Å². The van der Waals surface area contributed by atoms with E-state index < -0.39 is 0 Å². The average Bonchev–Trinajstić information content (AvgIpc) is 2.53. The molecule has 0 aromatic heterocycles. The molecule has 0 amide bonds. The molecule has 1 N–H and O–H groups in total. The van der Waals surface area contributed by atoms with Gasteiger partial charge in [0.2, 0.25) is 0 Å². The Labute approximate surface area is 108 Å². The van der Waals surface area contributed by atoms with Crippen LogP contribution in [0.5, 0.6) is 0 Å². The Bertz CT molecular complexity index is 193. The molecule has 3 atom stereocenters. The lowest BCUT2D eigenvalue weighted by Crippen LogP contribution is -2.44. The van der Waals surface area contributed by atoms with Gasteiger partial charge >= 0.3 is 0 Å². The normalized spacial score (nSPS) is 28.1. The van der Waals surface area contributed by atoms with Crippen molar-refractivity contribution >= 4 is 0 Å². The zero-order chi connectivity index (χ0) is 12.7. The Morgan fingerprint density at radius 3 is 2.53 bits per heavy atom. The summed E-state index contributed by atoms with van der Waals surface area (Å²) in [5.74, 6) is 1.63. The first-order valence-corrected chi connectivity index (χ1v) is 7.42. The van der Waals surface area contributed by atoms with Gasteiger partial charge in [-0.1, -0.05) is 40.0 Å². The maximum absolute atomic E-state index is 5.32. The molecule has 0 aromatic carbocycles. The highest BCUT2D eigenvalue weighted by molar-refractivity contribution is 4.80. The molecule has 2 nitrogen and oxygen atoms in total. The summed E-state index contributed by atoms with van der Waals surface area (Å²) in [5.41, 5.74) is 0. The molecule has 0 aromatic rings. The SMILES string of the molecule is CCC1CCCC(NC(COC)C(C)C)CC1. The van der Waals surface area contributed by atoms with Crippen molar-refractivity contribution in [1.29, 1.82) is 0 Å². The van der Waals surface area contributed by atoms with Gasteiger partial charge in [-0.15, -0.1) is 0 Å². The molecule has 0 radical (unpaired) electrons. The fraction of sp³-hybridized carbons (Fsp3) is 1.00. The van der Waals surface area contributed by atoms with E-state index in [1.807, 2.05) is 0 Å². The second-order valence-corrected chi connectivity index (χ2v) is 5.95. The third kappa shape index (κ3) is 5.39. The van der Waals surface area contributed by atoms with Gasteiger partial charge in [0.15, 0.2) is 0 Å².